The van der Waals surface area contributed by atoms with Gasteiger partial charge in [-0.05, 0) is 29.1 Å². The molecule has 4 aromatic rings. The Hall–Kier alpha value is -2.97. The fraction of sp³-hybridized carbons (Fsp3) is 0.111. The van der Waals surface area contributed by atoms with E-state index in [4.69, 9.17) is 16.1 Å². The number of halogens is 1. The second-order valence-corrected chi connectivity index (χ2v) is 7.16. The van der Waals surface area contributed by atoms with Crippen LogP contribution in [0.3, 0.4) is 0 Å². The molecular formula is C18H13ClN4O3S. The van der Waals surface area contributed by atoms with Gasteiger partial charge in [-0.2, -0.15) is 4.98 Å². The van der Waals surface area contributed by atoms with Gasteiger partial charge in [0.15, 0.2) is 0 Å². The van der Waals surface area contributed by atoms with Gasteiger partial charge < -0.3 is 9.09 Å². The van der Waals surface area contributed by atoms with Crippen LogP contribution in [-0.4, -0.2) is 19.3 Å². The molecule has 0 aliphatic carbocycles. The highest BCUT2D eigenvalue weighted by atomic mass is 35.5. The summed E-state index contributed by atoms with van der Waals surface area (Å²) in [6, 6.07) is 10.9. The fourth-order valence-corrected chi connectivity index (χ4v) is 3.32. The number of benzene rings is 1. The van der Waals surface area contributed by atoms with Gasteiger partial charge in [-0.3, -0.25) is 14.2 Å². The highest BCUT2D eigenvalue weighted by Gasteiger charge is 2.12. The number of nitrogens with zero attached hydrogens (tertiary/aromatic N) is 4. The molecule has 1 aromatic carbocycles. The third-order valence-electron chi connectivity index (χ3n) is 3.91. The van der Waals surface area contributed by atoms with Crippen molar-refractivity contribution in [2.75, 3.05) is 0 Å². The van der Waals surface area contributed by atoms with Crippen LogP contribution in [-0.2, 0) is 13.1 Å². The average molecular weight is 401 g/mol. The summed E-state index contributed by atoms with van der Waals surface area (Å²) in [5.41, 5.74) is -0.399. The maximum absolute atomic E-state index is 12.4. The zero-order chi connectivity index (χ0) is 18.8. The van der Waals surface area contributed by atoms with Crippen molar-refractivity contribution in [1.82, 2.24) is 19.3 Å². The van der Waals surface area contributed by atoms with Crippen molar-refractivity contribution in [3.63, 3.8) is 0 Å². The molecule has 0 N–H and O–H groups in total. The van der Waals surface area contributed by atoms with Crippen LogP contribution < -0.4 is 11.1 Å². The number of rotatable bonds is 5. The molecule has 4 rings (SSSR count). The summed E-state index contributed by atoms with van der Waals surface area (Å²) in [5.74, 6) is 0.722. The summed E-state index contributed by atoms with van der Waals surface area (Å²) in [4.78, 5) is 29.9. The number of hydrogen-bond acceptors (Lipinski definition) is 6. The minimum absolute atomic E-state index is 0.0359. The van der Waals surface area contributed by atoms with Gasteiger partial charge in [-0.1, -0.05) is 35.0 Å². The van der Waals surface area contributed by atoms with Crippen LogP contribution in [0.4, 0.5) is 0 Å². The van der Waals surface area contributed by atoms with Crippen molar-refractivity contribution in [2.24, 2.45) is 0 Å². The van der Waals surface area contributed by atoms with Gasteiger partial charge in [0, 0.05) is 17.4 Å². The first-order valence-corrected chi connectivity index (χ1v) is 9.27. The van der Waals surface area contributed by atoms with E-state index in [1.165, 1.54) is 26.7 Å². The minimum Gasteiger partial charge on any atom is -0.337 e. The summed E-state index contributed by atoms with van der Waals surface area (Å²) < 4.78 is 7.80. The second-order valence-electron chi connectivity index (χ2n) is 5.78. The molecule has 0 saturated carbocycles. The van der Waals surface area contributed by atoms with Crippen LogP contribution >= 0.6 is 22.9 Å². The van der Waals surface area contributed by atoms with Crippen molar-refractivity contribution < 1.29 is 4.52 Å². The predicted molar refractivity (Wildman–Crippen MR) is 102 cm³/mol. The Kier molecular flexibility index (Phi) is 4.74. The largest absolute Gasteiger partial charge is 0.337 e. The van der Waals surface area contributed by atoms with Crippen molar-refractivity contribution in [3.05, 3.63) is 91.4 Å². The lowest BCUT2D eigenvalue weighted by molar-refractivity contribution is 0.369. The molecule has 3 heterocycles. The highest BCUT2D eigenvalue weighted by Crippen LogP contribution is 2.21. The molecule has 0 bridgehead atoms. The van der Waals surface area contributed by atoms with E-state index in [9.17, 15) is 9.59 Å². The van der Waals surface area contributed by atoms with Crippen LogP contribution in [0, 0.1) is 0 Å². The Bertz CT molecular complexity index is 1180. The van der Waals surface area contributed by atoms with Crippen LogP contribution in [0.25, 0.3) is 10.7 Å². The van der Waals surface area contributed by atoms with Crippen molar-refractivity contribution in [1.29, 1.82) is 0 Å². The van der Waals surface area contributed by atoms with Gasteiger partial charge >= 0.3 is 11.1 Å². The van der Waals surface area contributed by atoms with E-state index in [0.29, 0.717) is 10.8 Å². The van der Waals surface area contributed by atoms with E-state index in [-0.39, 0.29) is 19.0 Å². The first kappa shape index (κ1) is 17.4. The molecule has 0 aliphatic rings. The molecule has 0 aliphatic heterocycles. The SMILES string of the molecule is O=c1c(=O)n(Cc2nc(-c3cccs3)no2)ccn1Cc1ccc(Cl)cc1. The summed E-state index contributed by atoms with van der Waals surface area (Å²) in [7, 11) is 0. The zero-order valence-electron chi connectivity index (χ0n) is 13.9. The number of hydrogen-bond donors (Lipinski definition) is 0. The van der Waals surface area contributed by atoms with Gasteiger partial charge in [-0.15, -0.1) is 11.3 Å². The Morgan fingerprint density at radius 3 is 2.37 bits per heavy atom. The topological polar surface area (TPSA) is 82.9 Å². The Labute approximate surface area is 162 Å². The lowest BCUT2D eigenvalue weighted by Gasteiger charge is -2.07. The van der Waals surface area contributed by atoms with Crippen LogP contribution in [0.1, 0.15) is 11.5 Å². The monoisotopic (exact) mass is 400 g/mol. The molecule has 0 fully saturated rings. The molecule has 0 unspecified atom stereocenters. The van der Waals surface area contributed by atoms with Crippen molar-refractivity contribution >= 4 is 22.9 Å². The minimum atomic E-state index is -0.651. The molecule has 0 spiro atoms. The molecule has 136 valence electrons. The molecule has 0 radical (unpaired) electrons. The molecule has 9 heteroatoms. The zero-order valence-corrected chi connectivity index (χ0v) is 15.5. The standard InChI is InChI=1S/C18H13ClN4O3S/c19-13-5-3-12(4-6-13)10-22-7-8-23(18(25)17(22)24)11-15-20-16(21-26-15)14-2-1-9-27-14/h1-9H,10-11H2. The Morgan fingerprint density at radius 2 is 1.70 bits per heavy atom. The molecule has 7 nitrogen and oxygen atoms in total. The third-order valence-corrected chi connectivity index (χ3v) is 5.03. The highest BCUT2D eigenvalue weighted by molar-refractivity contribution is 7.13. The summed E-state index contributed by atoms with van der Waals surface area (Å²) in [5, 5.41) is 6.43. The second kappa shape index (κ2) is 7.34. The Balaban J connectivity index is 1.56. The molecular weight excluding hydrogens is 388 g/mol. The average Bonchev–Trinajstić information content (AvgIpc) is 3.35. The van der Waals surface area contributed by atoms with Gasteiger partial charge in [-0.25, -0.2) is 0 Å². The van der Waals surface area contributed by atoms with E-state index < -0.39 is 11.1 Å². The van der Waals surface area contributed by atoms with Crippen LogP contribution in [0.2, 0.25) is 5.02 Å². The number of aromatic nitrogens is 4. The Morgan fingerprint density at radius 1 is 1.00 bits per heavy atom. The van der Waals surface area contributed by atoms with Crippen LogP contribution in [0.5, 0.6) is 0 Å². The predicted octanol–water partition coefficient (Wildman–Crippen LogP) is 2.87. The maximum atomic E-state index is 12.4. The summed E-state index contributed by atoms with van der Waals surface area (Å²) in [6.07, 6.45) is 3.10. The smallest absolute Gasteiger partial charge is 0.316 e. The first-order chi connectivity index (χ1) is 13.1. The summed E-state index contributed by atoms with van der Waals surface area (Å²) in [6.45, 7) is 0.323. The van der Waals surface area contributed by atoms with Crippen molar-refractivity contribution in [3.8, 4) is 10.7 Å². The molecule has 0 atom stereocenters. The molecule has 3 aromatic heterocycles. The van der Waals surface area contributed by atoms with Gasteiger partial charge in [0.05, 0.1) is 11.4 Å². The third kappa shape index (κ3) is 3.76. The fourth-order valence-electron chi connectivity index (χ4n) is 2.55. The normalized spacial score (nSPS) is 11.0. The maximum Gasteiger partial charge on any atom is 0.316 e. The lowest BCUT2D eigenvalue weighted by Crippen LogP contribution is -2.40. The van der Waals surface area contributed by atoms with Crippen LogP contribution in [0.15, 0.2) is 68.3 Å². The van der Waals surface area contributed by atoms with E-state index in [1.807, 2.05) is 29.6 Å². The van der Waals surface area contributed by atoms with Gasteiger partial charge in [0.2, 0.25) is 11.7 Å². The molecule has 0 saturated heterocycles. The van der Waals surface area contributed by atoms with E-state index in [1.54, 1.807) is 18.3 Å². The number of thiophene rings is 1. The van der Waals surface area contributed by atoms with E-state index in [2.05, 4.69) is 10.1 Å². The first-order valence-electron chi connectivity index (χ1n) is 8.01. The summed E-state index contributed by atoms with van der Waals surface area (Å²) >= 11 is 7.35. The molecule has 27 heavy (non-hydrogen) atoms. The van der Waals surface area contributed by atoms with Crippen molar-refractivity contribution in [2.45, 2.75) is 13.1 Å². The van der Waals surface area contributed by atoms with Gasteiger partial charge in [0.1, 0.15) is 6.54 Å². The van der Waals surface area contributed by atoms with Gasteiger partial charge in [0.25, 0.3) is 0 Å². The molecule has 0 amide bonds. The lowest BCUT2D eigenvalue weighted by atomic mass is 10.2. The quantitative estimate of drug-likeness (QED) is 0.481. The van der Waals surface area contributed by atoms with E-state index >= 15 is 0 Å². The van der Waals surface area contributed by atoms with E-state index in [0.717, 1.165) is 10.4 Å².